The quantitative estimate of drug-likeness (QED) is 0.782. The Morgan fingerprint density at radius 2 is 1.75 bits per heavy atom. The van der Waals surface area contributed by atoms with Gasteiger partial charge in [-0.15, -0.1) is 0 Å². The maximum atomic E-state index is 11.6. The summed E-state index contributed by atoms with van der Waals surface area (Å²) in [5.41, 5.74) is 0.295. The van der Waals surface area contributed by atoms with Gasteiger partial charge in [-0.3, -0.25) is 4.90 Å². The monoisotopic (exact) mass is 304 g/mol. The second-order valence-corrected chi connectivity index (χ2v) is 9.14. The van der Waals surface area contributed by atoms with Crippen LogP contribution in [0.3, 0.4) is 0 Å². The number of sulfone groups is 1. The van der Waals surface area contributed by atoms with Crippen molar-refractivity contribution in [1.29, 1.82) is 0 Å². The second-order valence-electron chi connectivity index (χ2n) is 6.66. The number of nitrogens with one attached hydrogen (secondary N) is 1. The summed E-state index contributed by atoms with van der Waals surface area (Å²) in [6.07, 6.45) is 2.97. The molecule has 120 valence electrons. The van der Waals surface area contributed by atoms with Crippen molar-refractivity contribution >= 4 is 9.84 Å². The lowest BCUT2D eigenvalue weighted by Gasteiger charge is -2.52. The van der Waals surface area contributed by atoms with Crippen LogP contribution in [0, 0.1) is 0 Å². The zero-order valence-electron chi connectivity index (χ0n) is 13.8. The fourth-order valence-corrected chi connectivity index (χ4v) is 3.73. The average Bonchev–Trinajstić information content (AvgIpc) is 2.41. The Bertz CT molecular complexity index is 400. The van der Waals surface area contributed by atoms with E-state index in [1.165, 1.54) is 0 Å². The molecule has 0 spiro atoms. The van der Waals surface area contributed by atoms with Gasteiger partial charge in [0.25, 0.3) is 0 Å². The average molecular weight is 305 g/mol. The molecule has 1 fully saturated rings. The van der Waals surface area contributed by atoms with Crippen LogP contribution in [-0.4, -0.2) is 55.5 Å². The van der Waals surface area contributed by atoms with Crippen molar-refractivity contribution in [2.24, 2.45) is 0 Å². The fourth-order valence-electron chi connectivity index (χ4n) is 2.88. The van der Waals surface area contributed by atoms with Crippen LogP contribution in [0.1, 0.15) is 53.9 Å². The van der Waals surface area contributed by atoms with Gasteiger partial charge in [0.2, 0.25) is 0 Å². The van der Waals surface area contributed by atoms with Gasteiger partial charge in [-0.2, -0.15) is 0 Å². The molecule has 1 heterocycles. The molecule has 1 N–H and O–H groups in total. The van der Waals surface area contributed by atoms with Crippen LogP contribution >= 0.6 is 0 Å². The molecule has 0 bridgehead atoms. The molecule has 5 heteroatoms. The molecule has 0 aromatic carbocycles. The topological polar surface area (TPSA) is 49.4 Å². The minimum Gasteiger partial charge on any atom is -0.308 e. The molecule has 0 unspecified atom stereocenters. The van der Waals surface area contributed by atoms with E-state index in [-0.39, 0.29) is 16.8 Å². The third-order valence-corrected chi connectivity index (χ3v) is 6.71. The lowest BCUT2D eigenvalue weighted by Crippen LogP contribution is -2.67. The molecule has 1 saturated heterocycles. The van der Waals surface area contributed by atoms with E-state index in [0.717, 1.165) is 38.9 Å². The molecule has 1 aliphatic rings. The maximum Gasteiger partial charge on any atom is 0.150 e. The SMILES string of the molecule is CCC1(CC)CN(CCCS(=O)(=O)CC)C(C)(C)CN1. The minimum absolute atomic E-state index is 0.101. The van der Waals surface area contributed by atoms with Crippen molar-refractivity contribution in [2.75, 3.05) is 31.1 Å². The summed E-state index contributed by atoms with van der Waals surface area (Å²) < 4.78 is 23.2. The number of hydrogen-bond acceptors (Lipinski definition) is 4. The highest BCUT2D eigenvalue weighted by Gasteiger charge is 2.40. The normalized spacial score (nSPS) is 22.9. The smallest absolute Gasteiger partial charge is 0.150 e. The largest absolute Gasteiger partial charge is 0.308 e. The third kappa shape index (κ3) is 4.43. The molecule has 0 atom stereocenters. The Balaban J connectivity index is 2.65. The summed E-state index contributed by atoms with van der Waals surface area (Å²) in [6, 6.07) is 0. The van der Waals surface area contributed by atoms with Crippen LogP contribution in [0.4, 0.5) is 0 Å². The van der Waals surface area contributed by atoms with Gasteiger partial charge < -0.3 is 5.32 Å². The molecule has 4 nitrogen and oxygen atoms in total. The first-order valence-corrected chi connectivity index (χ1v) is 9.73. The van der Waals surface area contributed by atoms with E-state index in [1.807, 2.05) is 0 Å². The van der Waals surface area contributed by atoms with Crippen LogP contribution < -0.4 is 5.32 Å². The Labute approximate surface area is 125 Å². The summed E-state index contributed by atoms with van der Waals surface area (Å²) >= 11 is 0. The number of rotatable bonds is 7. The summed E-state index contributed by atoms with van der Waals surface area (Å²) in [6.45, 7) is 13.5. The van der Waals surface area contributed by atoms with Gasteiger partial charge >= 0.3 is 0 Å². The highest BCUT2D eigenvalue weighted by atomic mass is 32.2. The summed E-state index contributed by atoms with van der Waals surface area (Å²) in [5.74, 6) is 0.570. The van der Waals surface area contributed by atoms with Gasteiger partial charge in [-0.05, 0) is 39.7 Å². The Kier molecular flexibility index (Phi) is 6.05. The van der Waals surface area contributed by atoms with E-state index in [4.69, 9.17) is 0 Å². The molecular weight excluding hydrogens is 272 g/mol. The van der Waals surface area contributed by atoms with Crippen molar-refractivity contribution < 1.29 is 8.42 Å². The van der Waals surface area contributed by atoms with Gasteiger partial charge in [-0.25, -0.2) is 8.42 Å². The fraction of sp³-hybridized carbons (Fsp3) is 1.00. The van der Waals surface area contributed by atoms with Crippen LogP contribution in [0.5, 0.6) is 0 Å². The van der Waals surface area contributed by atoms with Crippen molar-refractivity contribution in [1.82, 2.24) is 10.2 Å². The van der Waals surface area contributed by atoms with Gasteiger partial charge in [0, 0.05) is 29.9 Å². The Morgan fingerprint density at radius 1 is 1.15 bits per heavy atom. The molecule has 0 aliphatic carbocycles. The molecule has 1 rings (SSSR count). The standard InChI is InChI=1S/C15H32N2O2S/c1-6-15(7-2)13-17(14(4,5)12-16-15)10-9-11-20(18,19)8-3/h16H,6-13H2,1-5H3. The number of hydrogen-bond donors (Lipinski definition) is 1. The lowest BCUT2D eigenvalue weighted by molar-refractivity contribution is 0.0229. The molecule has 0 radical (unpaired) electrons. The Hall–Kier alpha value is -0.130. The predicted molar refractivity (Wildman–Crippen MR) is 85.9 cm³/mol. The maximum absolute atomic E-state index is 11.6. The van der Waals surface area contributed by atoms with E-state index in [2.05, 4.69) is 37.9 Å². The van der Waals surface area contributed by atoms with Crippen LogP contribution in [0.25, 0.3) is 0 Å². The molecule has 0 saturated carbocycles. The second kappa shape index (κ2) is 6.75. The molecular formula is C15H32N2O2S. The number of nitrogens with zero attached hydrogens (tertiary/aromatic N) is 1. The van der Waals surface area contributed by atoms with Gasteiger partial charge in [0.15, 0.2) is 0 Å². The van der Waals surface area contributed by atoms with Crippen LogP contribution in [0.2, 0.25) is 0 Å². The van der Waals surface area contributed by atoms with Gasteiger partial charge in [0.05, 0.1) is 5.75 Å². The van der Waals surface area contributed by atoms with E-state index >= 15 is 0 Å². The molecule has 0 aromatic heterocycles. The summed E-state index contributed by atoms with van der Waals surface area (Å²) in [7, 11) is -2.84. The van der Waals surface area contributed by atoms with E-state index in [0.29, 0.717) is 5.75 Å². The molecule has 0 aromatic rings. The minimum atomic E-state index is -2.84. The van der Waals surface area contributed by atoms with Crippen molar-refractivity contribution in [2.45, 2.75) is 65.0 Å². The first kappa shape index (κ1) is 17.9. The first-order chi connectivity index (χ1) is 9.20. The highest BCUT2D eigenvalue weighted by Crippen LogP contribution is 2.28. The van der Waals surface area contributed by atoms with E-state index in [1.54, 1.807) is 6.92 Å². The van der Waals surface area contributed by atoms with Crippen molar-refractivity contribution in [3.8, 4) is 0 Å². The lowest BCUT2D eigenvalue weighted by atomic mass is 9.85. The Morgan fingerprint density at radius 3 is 2.25 bits per heavy atom. The van der Waals surface area contributed by atoms with E-state index < -0.39 is 9.84 Å². The zero-order chi connectivity index (χ0) is 15.4. The summed E-state index contributed by atoms with van der Waals surface area (Å²) in [4.78, 5) is 2.47. The zero-order valence-corrected chi connectivity index (χ0v) is 14.6. The van der Waals surface area contributed by atoms with E-state index in [9.17, 15) is 8.42 Å². The van der Waals surface area contributed by atoms with Crippen LogP contribution in [0.15, 0.2) is 0 Å². The van der Waals surface area contributed by atoms with Gasteiger partial charge in [-0.1, -0.05) is 20.8 Å². The molecule has 0 amide bonds. The number of piperazine rings is 1. The summed E-state index contributed by atoms with van der Waals surface area (Å²) in [5, 5.41) is 3.71. The van der Waals surface area contributed by atoms with Crippen LogP contribution in [-0.2, 0) is 9.84 Å². The van der Waals surface area contributed by atoms with Gasteiger partial charge in [0.1, 0.15) is 9.84 Å². The predicted octanol–water partition coefficient (Wildman–Crippen LogP) is 2.05. The molecule has 1 aliphatic heterocycles. The molecule has 20 heavy (non-hydrogen) atoms. The third-order valence-electron chi connectivity index (χ3n) is 4.92. The highest BCUT2D eigenvalue weighted by molar-refractivity contribution is 7.91. The first-order valence-electron chi connectivity index (χ1n) is 7.91. The van der Waals surface area contributed by atoms with Crippen molar-refractivity contribution in [3.63, 3.8) is 0 Å². The van der Waals surface area contributed by atoms with Crippen molar-refractivity contribution in [3.05, 3.63) is 0 Å².